The second-order valence-electron chi connectivity index (χ2n) is 14.2. The van der Waals surface area contributed by atoms with Crippen molar-refractivity contribution in [1.29, 1.82) is 10.8 Å². The highest BCUT2D eigenvalue weighted by atomic mass is 16.2. The summed E-state index contributed by atoms with van der Waals surface area (Å²) in [6.45, 7) is 1.80. The summed E-state index contributed by atoms with van der Waals surface area (Å²) in [7, 11) is 1.58. The molecule has 2 rings (SSSR count). The van der Waals surface area contributed by atoms with Gasteiger partial charge in [-0.2, -0.15) is 0 Å². The van der Waals surface area contributed by atoms with Gasteiger partial charge in [0.15, 0.2) is 11.9 Å². The molecule has 26 heteroatoms. The van der Waals surface area contributed by atoms with Gasteiger partial charge in [-0.25, -0.2) is 9.59 Å². The lowest BCUT2D eigenvalue weighted by Crippen LogP contribution is -2.53. The Morgan fingerprint density at radius 2 is 1.10 bits per heavy atom. The maximum Gasteiger partial charge on any atom is 0.328 e. The number of guanidine groups is 2. The number of carbonyl (C=O) groups excluding carboxylic acids is 6. The monoisotopic (exact) mass is 874 g/mol. The van der Waals surface area contributed by atoms with Crippen molar-refractivity contribution in [2.75, 3.05) is 59.4 Å². The van der Waals surface area contributed by atoms with Crippen molar-refractivity contribution in [2.24, 2.45) is 11.5 Å². The highest BCUT2D eigenvalue weighted by Gasteiger charge is 2.25. The Balaban J connectivity index is 2.23. The minimum Gasteiger partial charge on any atom is -0.370 e. The Kier molecular flexibility index (Phi) is 21.0. The molecule has 2 atom stereocenters. The fraction of sp³-hybridized carbons (Fsp3) is 0.556. The number of nitrogens with one attached hydrogen (secondary N) is 10. The van der Waals surface area contributed by atoms with Crippen molar-refractivity contribution in [2.45, 2.75) is 71.6 Å². The molecule has 2 aromatic rings. The molecule has 0 aliphatic rings. The predicted molar refractivity (Wildman–Crippen MR) is 225 cm³/mol. The molecule has 26 nitrogen and oxygen atoms in total. The molecule has 0 saturated heterocycles. The standard InChI is InChI=1S/C36H58N16O10/c1-21-15-51(35(61)47-29(21)57)19-27(55)49(17-23(3)53)13-11-43-32(60)25(8-6-10-45-34(39)40)46-26(54)18-50(28(56)20-52-16-22(2)30(58)48-36(52)62)14-12-42-31(59)24(41-4)7-5-9-44-33(37)38/h15-16,24-25,41H,5-14,17-20H2,1-4H3,(H,42,59)(H,43,60)(H,46,54)(H4,37,38,44)(H4,39,40,45)(H,47,57,61)(H,48,58,62). The minimum atomic E-state index is -1.23. The molecule has 2 unspecified atom stereocenters. The van der Waals surface area contributed by atoms with Crippen molar-refractivity contribution in [3.63, 3.8) is 0 Å². The molecule has 2 aromatic heterocycles. The molecule has 0 spiro atoms. The number of carbonyl (C=O) groups is 6. The fourth-order valence-corrected chi connectivity index (χ4v) is 5.84. The molecule has 342 valence electrons. The molecule has 0 aromatic carbocycles. The van der Waals surface area contributed by atoms with Gasteiger partial charge >= 0.3 is 11.4 Å². The largest absolute Gasteiger partial charge is 0.370 e. The smallest absolute Gasteiger partial charge is 0.328 e. The first-order valence-electron chi connectivity index (χ1n) is 19.6. The zero-order valence-electron chi connectivity index (χ0n) is 35.2. The number of H-pyrrole nitrogens is 2. The van der Waals surface area contributed by atoms with Gasteiger partial charge in [0.2, 0.25) is 29.5 Å². The van der Waals surface area contributed by atoms with E-state index >= 15 is 0 Å². The number of hydrogen-bond acceptors (Lipinski definition) is 13. The lowest BCUT2D eigenvalue weighted by atomic mass is 10.1. The fourth-order valence-electron chi connectivity index (χ4n) is 5.84. The van der Waals surface area contributed by atoms with E-state index in [0.717, 1.165) is 18.9 Å². The summed E-state index contributed by atoms with van der Waals surface area (Å²) in [5.74, 6) is -4.27. The van der Waals surface area contributed by atoms with Gasteiger partial charge in [0.1, 0.15) is 24.9 Å². The number of ketones is 1. The summed E-state index contributed by atoms with van der Waals surface area (Å²) in [5.41, 5.74) is 8.02. The third kappa shape index (κ3) is 18.0. The molecule has 0 radical (unpaired) electrons. The zero-order chi connectivity index (χ0) is 46.5. The zero-order valence-corrected chi connectivity index (χ0v) is 35.2. The van der Waals surface area contributed by atoms with Crippen LogP contribution >= 0.6 is 0 Å². The first kappa shape index (κ1) is 51.0. The number of aryl methyl sites for hydroxylation is 2. The van der Waals surface area contributed by atoms with E-state index in [1.165, 1.54) is 33.2 Å². The average molecular weight is 875 g/mol. The Hall–Kier alpha value is -7.12. The van der Waals surface area contributed by atoms with E-state index in [4.69, 9.17) is 22.3 Å². The Bertz CT molecular complexity index is 2180. The van der Waals surface area contributed by atoms with Gasteiger partial charge in [0.25, 0.3) is 11.1 Å². The van der Waals surface area contributed by atoms with E-state index in [1.54, 1.807) is 7.05 Å². The van der Waals surface area contributed by atoms with Crippen LogP contribution in [0.3, 0.4) is 0 Å². The van der Waals surface area contributed by atoms with Crippen molar-refractivity contribution < 1.29 is 28.8 Å². The number of nitrogens with two attached hydrogens (primary N) is 2. The molecular weight excluding hydrogens is 816 g/mol. The summed E-state index contributed by atoms with van der Waals surface area (Å²) < 4.78 is 1.93. The van der Waals surface area contributed by atoms with Gasteiger partial charge in [-0.1, -0.05) is 0 Å². The number of rotatable bonds is 26. The highest BCUT2D eigenvalue weighted by molar-refractivity contribution is 5.90. The predicted octanol–water partition coefficient (Wildman–Crippen LogP) is -6.22. The van der Waals surface area contributed by atoms with Crippen molar-refractivity contribution in [1.82, 2.24) is 60.8 Å². The van der Waals surface area contributed by atoms with Crippen LogP contribution in [0.25, 0.3) is 0 Å². The number of likely N-dealkylation sites (N-methyl/N-ethyl adjacent to an activating group) is 1. The molecule has 2 heterocycles. The second kappa shape index (κ2) is 25.5. The maximum atomic E-state index is 13.6. The molecule has 0 fully saturated rings. The third-order valence-corrected chi connectivity index (χ3v) is 9.09. The van der Waals surface area contributed by atoms with Gasteiger partial charge in [-0.3, -0.25) is 68.3 Å². The summed E-state index contributed by atoms with van der Waals surface area (Å²) in [6.07, 6.45) is 3.48. The quantitative estimate of drug-likeness (QED) is 0.0238. The first-order valence-corrected chi connectivity index (χ1v) is 19.6. The van der Waals surface area contributed by atoms with Crippen LogP contribution in [-0.2, 0) is 41.9 Å². The Morgan fingerprint density at radius 3 is 1.52 bits per heavy atom. The summed E-state index contributed by atoms with van der Waals surface area (Å²) >= 11 is 0. The van der Waals surface area contributed by atoms with Gasteiger partial charge in [0, 0.05) is 62.8 Å². The average Bonchev–Trinajstić information content (AvgIpc) is 3.18. The van der Waals surface area contributed by atoms with Crippen LogP contribution in [0.2, 0.25) is 0 Å². The van der Waals surface area contributed by atoms with Gasteiger partial charge in [-0.05, 0) is 53.5 Å². The number of nitrogens with zero attached hydrogens (tertiary/aromatic N) is 4. The number of amides is 5. The molecule has 14 N–H and O–H groups in total. The van der Waals surface area contributed by atoms with Crippen molar-refractivity contribution in [3.8, 4) is 0 Å². The minimum absolute atomic E-state index is 0.00577. The molecule has 62 heavy (non-hydrogen) atoms. The normalized spacial score (nSPS) is 11.7. The van der Waals surface area contributed by atoms with Gasteiger partial charge < -0.3 is 53.2 Å². The summed E-state index contributed by atoms with van der Waals surface area (Å²) in [5, 5.41) is 30.7. The van der Waals surface area contributed by atoms with E-state index in [1.807, 2.05) is 0 Å². The topological polar surface area (TPSA) is 391 Å². The summed E-state index contributed by atoms with van der Waals surface area (Å²) in [6, 6.07) is -1.88. The Labute approximate surface area is 354 Å². The SMILES string of the molecule is CNC(CCCNC(=N)N)C(=O)NCCN(CC(=O)NC(CCCNC(=N)N)C(=O)NCCN(CC(C)=O)C(=O)Cn1cc(C)c(=O)[nH]c1=O)C(=O)Cn1cc(C)c(=O)[nH]c1=O. The van der Waals surface area contributed by atoms with Crippen LogP contribution < -0.4 is 65.9 Å². The third-order valence-electron chi connectivity index (χ3n) is 9.09. The van der Waals surface area contributed by atoms with Crippen LogP contribution in [0.5, 0.6) is 0 Å². The summed E-state index contributed by atoms with van der Waals surface area (Å²) in [4.78, 5) is 134. The molecule has 0 aliphatic heterocycles. The van der Waals surface area contributed by atoms with E-state index in [0.29, 0.717) is 19.4 Å². The van der Waals surface area contributed by atoms with Gasteiger partial charge in [-0.15, -0.1) is 0 Å². The van der Waals surface area contributed by atoms with Crippen molar-refractivity contribution >= 4 is 47.2 Å². The van der Waals surface area contributed by atoms with Crippen LogP contribution in [0.15, 0.2) is 31.6 Å². The molecule has 0 bridgehead atoms. The van der Waals surface area contributed by atoms with E-state index in [2.05, 4.69) is 41.9 Å². The molecule has 0 saturated carbocycles. The first-order chi connectivity index (χ1) is 29.2. The molecule has 5 amide bonds. The van der Waals surface area contributed by atoms with E-state index < -0.39 is 89.5 Å². The van der Waals surface area contributed by atoms with Crippen LogP contribution in [0, 0.1) is 24.7 Å². The van der Waals surface area contributed by atoms with Crippen LogP contribution in [-0.4, -0.2) is 148 Å². The molecule has 0 aliphatic carbocycles. The van der Waals surface area contributed by atoms with Crippen molar-refractivity contribution in [3.05, 3.63) is 65.2 Å². The van der Waals surface area contributed by atoms with Gasteiger partial charge in [0.05, 0.1) is 19.1 Å². The lowest BCUT2D eigenvalue weighted by molar-refractivity contribution is -0.138. The number of aromatic nitrogens is 4. The second-order valence-corrected chi connectivity index (χ2v) is 14.2. The number of Topliss-reactive ketones (excluding diaryl/α,β-unsaturated/α-hetero) is 1. The number of aromatic amines is 2. The van der Waals surface area contributed by atoms with Crippen LogP contribution in [0.1, 0.15) is 43.7 Å². The number of hydrogen-bond donors (Lipinski definition) is 12. The molecular formula is C36H58N16O10. The highest BCUT2D eigenvalue weighted by Crippen LogP contribution is 2.02. The maximum absolute atomic E-state index is 13.6. The Morgan fingerprint density at radius 1 is 0.677 bits per heavy atom. The lowest BCUT2D eigenvalue weighted by Gasteiger charge is -2.26. The van der Waals surface area contributed by atoms with Crippen LogP contribution in [0.4, 0.5) is 0 Å². The van der Waals surface area contributed by atoms with E-state index in [9.17, 15) is 47.9 Å². The van der Waals surface area contributed by atoms with E-state index in [-0.39, 0.29) is 75.2 Å².